The molecule has 1 aromatic carbocycles. The number of halogens is 1. The average molecular weight is 817 g/mol. The van der Waals surface area contributed by atoms with Crippen LogP contribution in [0, 0.1) is 28.5 Å². The molecule has 4 rings (SSSR count). The standard InChI is InChI=1S/C40H58FN6O9P/c1-2-3-4-5-6-7-8-9-10-11-12-13-14-15-16-19-52-25-33(53-24-31-20-30(23-42)21-32(41)22-31)26-54-57(50,51)55-27-35-37(48)38(49)40(28-43,56-35)36-18-17-34-39(44)45-29-46-47(34)36/h17-18,20-22,29,33,35,37-38,48-49H,2-16,19,24-27H2,1H3,(H,50,51)(H2,44,45,46)/t33-,35-,37-,38-,40+/m1/s1. The topological polar surface area (TPSA) is 228 Å². The lowest BCUT2D eigenvalue weighted by Gasteiger charge is -2.24. The molecule has 0 radical (unpaired) electrons. The van der Waals surface area contributed by atoms with Crippen molar-refractivity contribution >= 4 is 19.2 Å². The maximum atomic E-state index is 14.1. The SMILES string of the molecule is CCCCCCCCCCCCCCCCCOC[C@H](COP(=O)(O)OC[C@H]1O[C@@](C#N)(c2ccc3c(N)ncnn23)[C@H](O)[C@@H]1O)OCc1cc(F)cc(C#N)c1. The molecule has 3 aromatic rings. The van der Waals surface area contributed by atoms with E-state index < -0.39 is 56.9 Å². The number of nitrogen functional groups attached to an aromatic ring is 1. The summed E-state index contributed by atoms with van der Waals surface area (Å²) in [5, 5.41) is 45.2. The number of ether oxygens (including phenoxy) is 3. The molecule has 1 fully saturated rings. The first-order chi connectivity index (χ1) is 27.5. The zero-order valence-electron chi connectivity index (χ0n) is 32.8. The van der Waals surface area contributed by atoms with E-state index in [0.29, 0.717) is 17.7 Å². The quantitative estimate of drug-likeness (QED) is 0.0438. The number of benzene rings is 1. The van der Waals surface area contributed by atoms with Crippen molar-refractivity contribution in [2.45, 2.75) is 140 Å². The second-order valence-electron chi connectivity index (χ2n) is 14.6. The number of aromatic nitrogens is 3. The lowest BCUT2D eigenvalue weighted by Crippen LogP contribution is -2.41. The summed E-state index contributed by atoms with van der Waals surface area (Å²) in [6.45, 7) is 1.31. The van der Waals surface area contributed by atoms with Crippen LogP contribution in [0.3, 0.4) is 0 Å². The third kappa shape index (κ3) is 14.1. The molecule has 6 atom stereocenters. The molecule has 0 saturated carbocycles. The summed E-state index contributed by atoms with van der Waals surface area (Å²) in [6, 6.07) is 10.5. The fourth-order valence-corrected chi connectivity index (χ4v) is 7.64. The number of nitrogens with two attached hydrogens (primary N) is 1. The number of hydrogen-bond donors (Lipinski definition) is 4. The molecule has 0 amide bonds. The molecule has 0 aliphatic carbocycles. The number of anilines is 1. The molecule has 57 heavy (non-hydrogen) atoms. The van der Waals surface area contributed by atoms with Gasteiger partial charge in [0.25, 0.3) is 0 Å². The van der Waals surface area contributed by atoms with Crippen LogP contribution in [-0.4, -0.2) is 80.5 Å². The van der Waals surface area contributed by atoms with Gasteiger partial charge in [-0.2, -0.15) is 15.6 Å². The average Bonchev–Trinajstić information content (AvgIpc) is 3.75. The highest BCUT2D eigenvalue weighted by molar-refractivity contribution is 7.47. The zero-order chi connectivity index (χ0) is 41.1. The van der Waals surface area contributed by atoms with Crippen molar-refractivity contribution in [1.82, 2.24) is 14.6 Å². The number of nitriles is 2. The van der Waals surface area contributed by atoms with Crippen LogP contribution >= 0.6 is 7.82 Å². The Balaban J connectivity index is 1.22. The van der Waals surface area contributed by atoms with Gasteiger partial charge in [0.1, 0.15) is 48.1 Å². The summed E-state index contributed by atoms with van der Waals surface area (Å²) in [5.74, 6) is -0.501. The highest BCUT2D eigenvalue weighted by Gasteiger charge is 2.58. The van der Waals surface area contributed by atoms with E-state index in [4.69, 9.17) is 29.0 Å². The van der Waals surface area contributed by atoms with Gasteiger partial charge in [0.05, 0.1) is 43.8 Å². The Hall–Kier alpha value is -3.54. The number of aliphatic hydroxyl groups excluding tert-OH is 2. The van der Waals surface area contributed by atoms with E-state index in [9.17, 15) is 34.6 Å². The molecule has 2 aromatic heterocycles. The number of phosphoric acid groups is 1. The summed E-state index contributed by atoms with van der Waals surface area (Å²) in [4.78, 5) is 14.5. The lowest BCUT2D eigenvalue weighted by atomic mass is 9.92. The Bertz CT molecular complexity index is 1800. The largest absolute Gasteiger partial charge is 0.472 e. The van der Waals surface area contributed by atoms with Crippen molar-refractivity contribution in [3.63, 3.8) is 0 Å². The lowest BCUT2D eigenvalue weighted by molar-refractivity contribution is -0.0690. The summed E-state index contributed by atoms with van der Waals surface area (Å²) in [5.41, 5.74) is 4.64. The Morgan fingerprint density at radius 1 is 0.965 bits per heavy atom. The third-order valence-corrected chi connectivity index (χ3v) is 11.0. The van der Waals surface area contributed by atoms with Crippen LogP contribution < -0.4 is 5.73 Å². The monoisotopic (exact) mass is 816 g/mol. The molecule has 1 unspecified atom stereocenters. The van der Waals surface area contributed by atoms with Crippen molar-refractivity contribution in [2.75, 3.05) is 32.2 Å². The second-order valence-corrected chi connectivity index (χ2v) is 16.0. The van der Waals surface area contributed by atoms with Crippen LogP contribution in [0.15, 0.2) is 36.7 Å². The minimum atomic E-state index is -4.83. The van der Waals surface area contributed by atoms with E-state index in [-0.39, 0.29) is 30.3 Å². The van der Waals surface area contributed by atoms with Crippen LogP contribution in [0.4, 0.5) is 10.2 Å². The number of nitrogens with zero attached hydrogens (tertiary/aromatic N) is 5. The molecule has 1 aliphatic heterocycles. The Kier molecular flexibility index (Phi) is 19.2. The van der Waals surface area contributed by atoms with Gasteiger partial charge in [0.15, 0.2) is 5.82 Å². The molecule has 314 valence electrons. The first-order valence-electron chi connectivity index (χ1n) is 20.1. The summed E-state index contributed by atoms with van der Waals surface area (Å²) in [6.07, 6.45) is 13.9. The summed E-state index contributed by atoms with van der Waals surface area (Å²) >= 11 is 0. The van der Waals surface area contributed by atoms with Gasteiger partial charge in [-0.3, -0.25) is 9.05 Å². The fourth-order valence-electron chi connectivity index (χ4n) is 6.88. The molecule has 0 spiro atoms. The van der Waals surface area contributed by atoms with E-state index in [0.717, 1.165) is 31.7 Å². The van der Waals surface area contributed by atoms with Gasteiger partial charge in [-0.05, 0) is 42.3 Å². The van der Waals surface area contributed by atoms with Crippen LogP contribution in [0.5, 0.6) is 0 Å². The van der Waals surface area contributed by atoms with Gasteiger partial charge in [0.2, 0.25) is 5.60 Å². The summed E-state index contributed by atoms with van der Waals surface area (Å²) < 4.78 is 56.2. The molecule has 3 heterocycles. The van der Waals surface area contributed by atoms with E-state index in [1.165, 1.54) is 106 Å². The van der Waals surface area contributed by atoms with Gasteiger partial charge < -0.3 is 35.1 Å². The van der Waals surface area contributed by atoms with Gasteiger partial charge in [-0.25, -0.2) is 18.5 Å². The minimum absolute atomic E-state index is 0.0142. The molecule has 1 saturated heterocycles. The Morgan fingerprint density at radius 3 is 2.25 bits per heavy atom. The van der Waals surface area contributed by atoms with Crippen LogP contribution in [0.25, 0.3) is 5.52 Å². The first-order valence-corrected chi connectivity index (χ1v) is 21.6. The van der Waals surface area contributed by atoms with Crippen LogP contribution in [0.2, 0.25) is 0 Å². The zero-order valence-corrected chi connectivity index (χ0v) is 33.7. The van der Waals surface area contributed by atoms with Gasteiger partial charge >= 0.3 is 7.82 Å². The molecule has 15 nitrogen and oxygen atoms in total. The first kappa shape index (κ1) is 46.2. The number of fused-ring (bicyclic) bond motifs is 1. The minimum Gasteiger partial charge on any atom is -0.387 e. The van der Waals surface area contributed by atoms with Crippen molar-refractivity contribution in [1.29, 1.82) is 10.5 Å². The Morgan fingerprint density at radius 2 is 1.61 bits per heavy atom. The van der Waals surface area contributed by atoms with Gasteiger partial charge in [-0.1, -0.05) is 96.8 Å². The highest BCUT2D eigenvalue weighted by Crippen LogP contribution is 2.46. The maximum absolute atomic E-state index is 14.1. The molecule has 1 aliphatic rings. The molecule has 5 N–H and O–H groups in total. The fraction of sp³-hybridized carbons (Fsp3) is 0.650. The van der Waals surface area contributed by atoms with Crippen molar-refractivity contribution in [3.05, 3.63) is 59.3 Å². The summed E-state index contributed by atoms with van der Waals surface area (Å²) in [7, 11) is -4.83. The van der Waals surface area contributed by atoms with Gasteiger partial charge in [0, 0.05) is 6.61 Å². The van der Waals surface area contributed by atoms with E-state index in [1.807, 2.05) is 12.1 Å². The molecular formula is C40H58FN6O9P. The predicted molar refractivity (Wildman–Crippen MR) is 209 cm³/mol. The molecule has 0 bridgehead atoms. The molecule has 17 heteroatoms. The number of phosphoric ester groups is 1. The number of aliphatic hydroxyl groups is 2. The van der Waals surface area contributed by atoms with Crippen molar-refractivity contribution in [2.24, 2.45) is 0 Å². The van der Waals surface area contributed by atoms with E-state index in [2.05, 4.69) is 17.0 Å². The normalized spacial score (nSPS) is 21.0. The van der Waals surface area contributed by atoms with Gasteiger partial charge in [-0.15, -0.1) is 0 Å². The predicted octanol–water partition coefficient (Wildman–Crippen LogP) is 6.77. The molecular weight excluding hydrogens is 758 g/mol. The third-order valence-electron chi connectivity index (χ3n) is 10.1. The smallest absolute Gasteiger partial charge is 0.387 e. The van der Waals surface area contributed by atoms with Crippen LogP contribution in [0.1, 0.15) is 120 Å². The highest BCUT2D eigenvalue weighted by atomic mass is 31.2. The van der Waals surface area contributed by atoms with Crippen molar-refractivity contribution < 1.29 is 47.3 Å². The maximum Gasteiger partial charge on any atom is 0.472 e. The van der Waals surface area contributed by atoms with E-state index >= 15 is 0 Å². The van der Waals surface area contributed by atoms with Crippen LogP contribution in [-0.2, 0) is 40.0 Å². The number of unbranched alkanes of at least 4 members (excludes halogenated alkanes) is 14. The number of rotatable bonds is 28. The number of hydrogen-bond acceptors (Lipinski definition) is 13. The Labute approximate surface area is 334 Å². The van der Waals surface area contributed by atoms with E-state index in [1.54, 1.807) is 0 Å². The second kappa shape index (κ2) is 23.8. The van der Waals surface area contributed by atoms with Crippen molar-refractivity contribution in [3.8, 4) is 12.1 Å².